The van der Waals surface area contributed by atoms with Crippen molar-refractivity contribution < 1.29 is 28.7 Å². The number of nitrogens with two attached hydrogens (primary N) is 1. The van der Waals surface area contributed by atoms with Crippen LogP contribution in [0.5, 0.6) is 0 Å². The Morgan fingerprint density at radius 2 is 1.30 bits per heavy atom. The number of hydrogen-bond donors (Lipinski definition) is 1. The highest BCUT2D eigenvalue weighted by molar-refractivity contribution is 9.09. The van der Waals surface area contributed by atoms with Crippen molar-refractivity contribution in [2.45, 2.75) is 25.4 Å². The number of alkyl halides is 2. The second kappa shape index (κ2) is 8.25. The summed E-state index contributed by atoms with van der Waals surface area (Å²) in [7, 11) is 0. The molecule has 0 saturated heterocycles. The summed E-state index contributed by atoms with van der Waals surface area (Å²) in [6.07, 6.45) is -1.82. The van der Waals surface area contributed by atoms with E-state index in [0.29, 0.717) is 0 Å². The molecule has 20 heavy (non-hydrogen) atoms. The van der Waals surface area contributed by atoms with Gasteiger partial charge in [0.2, 0.25) is 28.7 Å². The van der Waals surface area contributed by atoms with Gasteiger partial charge in [-0.15, -0.1) is 0 Å². The van der Waals surface area contributed by atoms with Gasteiger partial charge in [0, 0.05) is 23.5 Å². The summed E-state index contributed by atoms with van der Waals surface area (Å²) in [6.45, 7) is 0.890. The monoisotopic (exact) mass is 413 g/mol. The molecule has 0 spiro atoms. The Balaban J connectivity index is 5.44. The van der Waals surface area contributed by atoms with Gasteiger partial charge in [-0.3, -0.25) is 19.2 Å². The van der Waals surface area contributed by atoms with Crippen LogP contribution in [0, 0.1) is 0 Å². The number of carbonyl (C=O) groups is 5. The van der Waals surface area contributed by atoms with Crippen LogP contribution in [0.1, 0.15) is 19.8 Å². The molecule has 0 aliphatic rings. The van der Waals surface area contributed by atoms with Gasteiger partial charge in [-0.2, -0.15) is 0 Å². The van der Waals surface area contributed by atoms with E-state index >= 15 is 0 Å². The standard InChI is InChI=1S/C11H13Br2NO6/c1-11(20-10(14)19,8(17)6(15)2-4-12)9(18)7(16)3-5-13/h2-5H2,1H3,(H2,14,19). The zero-order valence-corrected chi connectivity index (χ0v) is 13.8. The van der Waals surface area contributed by atoms with E-state index in [1.165, 1.54) is 0 Å². The van der Waals surface area contributed by atoms with Crippen molar-refractivity contribution in [2.75, 3.05) is 10.7 Å². The summed E-state index contributed by atoms with van der Waals surface area (Å²) >= 11 is 5.93. The number of Topliss-reactive ketones (excluding diaryl/α,β-unsaturated/α-hetero) is 4. The lowest BCUT2D eigenvalue weighted by molar-refractivity contribution is -0.158. The molecule has 0 fully saturated rings. The van der Waals surface area contributed by atoms with E-state index in [9.17, 15) is 24.0 Å². The number of hydrogen-bond acceptors (Lipinski definition) is 6. The number of carbonyl (C=O) groups excluding carboxylic acids is 5. The summed E-state index contributed by atoms with van der Waals surface area (Å²) < 4.78 is 4.46. The van der Waals surface area contributed by atoms with Crippen molar-refractivity contribution in [1.29, 1.82) is 0 Å². The van der Waals surface area contributed by atoms with Gasteiger partial charge >= 0.3 is 6.09 Å². The minimum absolute atomic E-state index is 0.188. The van der Waals surface area contributed by atoms with Crippen LogP contribution in [0.4, 0.5) is 4.79 Å². The van der Waals surface area contributed by atoms with Gasteiger partial charge in [0.05, 0.1) is 0 Å². The molecule has 0 radical (unpaired) electrons. The van der Waals surface area contributed by atoms with Crippen molar-refractivity contribution in [3.63, 3.8) is 0 Å². The SMILES string of the molecule is CC(OC(N)=O)(C(=O)C(=O)CCBr)C(=O)C(=O)CCBr. The lowest BCUT2D eigenvalue weighted by atomic mass is 9.88. The minimum Gasteiger partial charge on any atom is -0.426 e. The Kier molecular flexibility index (Phi) is 7.80. The third-order valence-electron chi connectivity index (χ3n) is 2.32. The van der Waals surface area contributed by atoms with E-state index < -0.39 is 34.8 Å². The molecular weight excluding hydrogens is 402 g/mol. The van der Waals surface area contributed by atoms with Crippen LogP contribution in [0.2, 0.25) is 0 Å². The van der Waals surface area contributed by atoms with Crippen molar-refractivity contribution >= 4 is 61.1 Å². The predicted molar refractivity (Wildman–Crippen MR) is 75.9 cm³/mol. The third kappa shape index (κ3) is 4.78. The quantitative estimate of drug-likeness (QED) is 0.336. The number of primary amides is 1. The maximum Gasteiger partial charge on any atom is 0.405 e. The molecule has 0 bridgehead atoms. The summed E-state index contributed by atoms with van der Waals surface area (Å²) in [5.74, 6) is -4.43. The van der Waals surface area contributed by atoms with E-state index in [1.807, 2.05) is 0 Å². The summed E-state index contributed by atoms with van der Waals surface area (Å²) in [6, 6.07) is 0. The van der Waals surface area contributed by atoms with Gasteiger partial charge in [0.1, 0.15) is 0 Å². The molecule has 0 aliphatic carbocycles. The Morgan fingerprint density at radius 3 is 1.55 bits per heavy atom. The highest BCUT2D eigenvalue weighted by atomic mass is 79.9. The van der Waals surface area contributed by atoms with Gasteiger partial charge in [0.15, 0.2) is 0 Å². The molecule has 0 saturated carbocycles. The summed E-state index contributed by atoms with van der Waals surface area (Å²) in [4.78, 5) is 57.9. The van der Waals surface area contributed by atoms with Crippen molar-refractivity contribution in [1.82, 2.24) is 0 Å². The zero-order valence-electron chi connectivity index (χ0n) is 10.6. The van der Waals surface area contributed by atoms with Gasteiger partial charge in [0.25, 0.3) is 0 Å². The van der Waals surface area contributed by atoms with Gasteiger partial charge in [-0.1, -0.05) is 31.9 Å². The lowest BCUT2D eigenvalue weighted by Gasteiger charge is -2.24. The molecule has 0 aromatic carbocycles. The lowest BCUT2D eigenvalue weighted by Crippen LogP contribution is -2.54. The largest absolute Gasteiger partial charge is 0.426 e. The highest BCUT2D eigenvalue weighted by Crippen LogP contribution is 2.17. The Morgan fingerprint density at radius 1 is 0.950 bits per heavy atom. The first-order valence-electron chi connectivity index (χ1n) is 5.46. The van der Waals surface area contributed by atoms with Crippen LogP contribution in [0.25, 0.3) is 0 Å². The van der Waals surface area contributed by atoms with Crippen molar-refractivity contribution in [3.8, 4) is 0 Å². The fourth-order valence-electron chi connectivity index (χ4n) is 1.33. The number of rotatable bonds is 9. The second-order valence-electron chi connectivity index (χ2n) is 3.84. The maximum atomic E-state index is 12.0. The first-order chi connectivity index (χ1) is 9.20. The molecular formula is C11H13Br2NO6. The third-order valence-corrected chi connectivity index (χ3v) is 3.11. The van der Waals surface area contributed by atoms with Crippen LogP contribution in [0.3, 0.4) is 0 Å². The van der Waals surface area contributed by atoms with E-state index in [4.69, 9.17) is 5.73 Å². The predicted octanol–water partition coefficient (Wildman–Crippen LogP) is 0.687. The van der Waals surface area contributed by atoms with Gasteiger partial charge in [-0.05, 0) is 6.92 Å². The fraction of sp³-hybridized carbons (Fsp3) is 0.545. The molecule has 0 heterocycles. The molecule has 0 aromatic rings. The highest BCUT2D eigenvalue weighted by Gasteiger charge is 2.49. The van der Waals surface area contributed by atoms with E-state index in [-0.39, 0.29) is 23.5 Å². The maximum absolute atomic E-state index is 12.0. The zero-order chi connectivity index (χ0) is 15.9. The van der Waals surface area contributed by atoms with Crippen LogP contribution in [0.15, 0.2) is 0 Å². The summed E-state index contributed by atoms with van der Waals surface area (Å²) in [5.41, 5.74) is 2.29. The second-order valence-corrected chi connectivity index (χ2v) is 5.42. The van der Waals surface area contributed by atoms with Gasteiger partial charge < -0.3 is 10.5 Å². The number of ketones is 4. The van der Waals surface area contributed by atoms with Crippen molar-refractivity contribution in [3.05, 3.63) is 0 Å². The van der Waals surface area contributed by atoms with E-state index in [1.54, 1.807) is 0 Å². The molecule has 0 unspecified atom stereocenters. The fourth-order valence-corrected chi connectivity index (χ4v) is 2.05. The molecule has 0 aromatic heterocycles. The number of halogens is 2. The first kappa shape index (κ1) is 18.9. The molecule has 0 aliphatic heterocycles. The molecule has 9 heteroatoms. The molecule has 7 nitrogen and oxygen atoms in total. The average molecular weight is 415 g/mol. The average Bonchev–Trinajstić information content (AvgIpc) is 2.36. The molecule has 1 amide bonds. The van der Waals surface area contributed by atoms with Crippen LogP contribution in [-0.4, -0.2) is 45.5 Å². The van der Waals surface area contributed by atoms with E-state index in [2.05, 4.69) is 36.6 Å². The summed E-state index contributed by atoms with van der Waals surface area (Å²) in [5, 5.41) is 0.377. The van der Waals surface area contributed by atoms with Crippen LogP contribution in [-0.2, 0) is 23.9 Å². The normalized spacial score (nSPS) is 10.8. The molecule has 0 rings (SSSR count). The smallest absolute Gasteiger partial charge is 0.405 e. The minimum atomic E-state index is -2.51. The first-order valence-corrected chi connectivity index (χ1v) is 7.70. The van der Waals surface area contributed by atoms with Crippen LogP contribution < -0.4 is 5.73 Å². The van der Waals surface area contributed by atoms with Crippen molar-refractivity contribution in [2.24, 2.45) is 5.73 Å². The van der Waals surface area contributed by atoms with E-state index in [0.717, 1.165) is 6.92 Å². The number of ether oxygens (including phenoxy) is 1. The molecule has 0 atom stereocenters. The van der Waals surface area contributed by atoms with Crippen LogP contribution >= 0.6 is 31.9 Å². The topological polar surface area (TPSA) is 121 Å². The Hall–Kier alpha value is -1.09. The number of amides is 1. The molecule has 112 valence electrons. The molecule has 2 N–H and O–H groups in total. The Labute approximate surface area is 131 Å². The Bertz CT molecular complexity index is 418. The van der Waals surface area contributed by atoms with Gasteiger partial charge in [-0.25, -0.2) is 4.79 Å².